The number of hydrogen-bond donors (Lipinski definition) is 2. The van der Waals surface area contributed by atoms with Crippen molar-refractivity contribution in [2.24, 2.45) is 0 Å². The van der Waals surface area contributed by atoms with Gasteiger partial charge in [0.2, 0.25) is 0 Å². The highest BCUT2D eigenvalue weighted by atomic mass is 16.3. The highest BCUT2D eigenvalue weighted by Crippen LogP contribution is 2.39. The van der Waals surface area contributed by atoms with Gasteiger partial charge >= 0.3 is 0 Å². The van der Waals surface area contributed by atoms with Gasteiger partial charge in [0.1, 0.15) is 17.1 Å². The summed E-state index contributed by atoms with van der Waals surface area (Å²) >= 11 is 0. The minimum absolute atomic E-state index is 0.115. The largest absolute Gasteiger partial charge is 0.508 e. The molecule has 2 aliphatic rings. The Balaban J connectivity index is 1.66. The van der Waals surface area contributed by atoms with Crippen LogP contribution in [-0.4, -0.2) is 35.0 Å². The minimum atomic E-state index is -0.115. The molecular weight excluding hydrogens is 364 g/mol. The molecule has 1 aliphatic carbocycles. The van der Waals surface area contributed by atoms with Gasteiger partial charge in [0.05, 0.1) is 5.56 Å². The lowest BCUT2D eigenvalue weighted by molar-refractivity contribution is 0.0952. The van der Waals surface area contributed by atoms with Gasteiger partial charge in [-0.3, -0.25) is 9.69 Å². The summed E-state index contributed by atoms with van der Waals surface area (Å²) in [6, 6.07) is 13.4. The molecule has 5 heteroatoms. The zero-order valence-electron chi connectivity index (χ0n) is 16.5. The van der Waals surface area contributed by atoms with Gasteiger partial charge in [-0.25, -0.2) is 0 Å². The van der Waals surface area contributed by atoms with E-state index in [4.69, 9.17) is 4.42 Å². The summed E-state index contributed by atoms with van der Waals surface area (Å²) < 4.78 is 6.20. The van der Waals surface area contributed by atoms with Crippen LogP contribution in [0.15, 0.2) is 46.9 Å². The third kappa shape index (κ3) is 3.62. The average molecular weight is 390 g/mol. The topological polar surface area (TPSA) is 65.7 Å². The molecule has 5 nitrogen and oxygen atoms in total. The van der Waals surface area contributed by atoms with Crippen molar-refractivity contribution in [1.82, 2.24) is 10.2 Å². The Bertz CT molecular complexity index is 1030. The standard InChI is InChI=1S/C24H26N2O3/c27-19-11-12-20-21(18(19)15-26-13-5-2-6-14-26)22(24(28)25-17-9-10-17)23(29-20)16-7-3-1-4-8-16/h1,3-4,7-8,11-12,17,27H,2,5-6,9-10,13-15H2,(H,25,28). The van der Waals surface area contributed by atoms with Crippen molar-refractivity contribution in [3.05, 3.63) is 53.6 Å². The Morgan fingerprint density at radius 2 is 1.83 bits per heavy atom. The van der Waals surface area contributed by atoms with Gasteiger partial charge in [-0.05, 0) is 50.9 Å². The molecule has 150 valence electrons. The van der Waals surface area contributed by atoms with Crippen LogP contribution >= 0.6 is 0 Å². The molecule has 3 aromatic rings. The quantitative estimate of drug-likeness (QED) is 0.664. The second-order valence-corrected chi connectivity index (χ2v) is 8.19. The predicted molar refractivity (Wildman–Crippen MR) is 113 cm³/mol. The van der Waals surface area contributed by atoms with Crippen LogP contribution in [0.1, 0.15) is 48.0 Å². The monoisotopic (exact) mass is 390 g/mol. The number of nitrogens with one attached hydrogen (secondary N) is 1. The molecule has 0 spiro atoms. The Labute approximate surface area is 170 Å². The first-order valence-electron chi connectivity index (χ1n) is 10.6. The maximum Gasteiger partial charge on any atom is 0.256 e. The SMILES string of the molecule is O=C(NC1CC1)c1c(-c2ccccc2)oc2ccc(O)c(CN3CCCCC3)c12. The molecule has 2 fully saturated rings. The molecule has 0 bridgehead atoms. The number of nitrogens with zero attached hydrogens (tertiary/aromatic N) is 1. The third-order valence-corrected chi connectivity index (χ3v) is 5.95. The smallest absolute Gasteiger partial charge is 0.256 e. The lowest BCUT2D eigenvalue weighted by Gasteiger charge is -2.27. The maximum absolute atomic E-state index is 13.3. The van der Waals surface area contributed by atoms with Crippen LogP contribution < -0.4 is 5.32 Å². The van der Waals surface area contributed by atoms with E-state index in [-0.39, 0.29) is 17.7 Å². The van der Waals surface area contributed by atoms with E-state index in [0.29, 0.717) is 23.5 Å². The molecule has 1 aromatic heterocycles. The third-order valence-electron chi connectivity index (χ3n) is 5.95. The van der Waals surface area contributed by atoms with E-state index in [1.807, 2.05) is 30.3 Å². The number of fused-ring (bicyclic) bond motifs is 1. The Morgan fingerprint density at radius 1 is 1.07 bits per heavy atom. The highest BCUT2D eigenvalue weighted by Gasteiger charge is 2.30. The second kappa shape index (κ2) is 7.56. The van der Waals surface area contributed by atoms with Crippen LogP contribution in [-0.2, 0) is 6.54 Å². The number of furan rings is 1. The number of aromatic hydroxyl groups is 1. The fraction of sp³-hybridized carbons (Fsp3) is 0.375. The van der Waals surface area contributed by atoms with Crippen molar-refractivity contribution in [2.75, 3.05) is 13.1 Å². The number of carbonyl (C=O) groups excluding carboxylic acids is 1. The Morgan fingerprint density at radius 3 is 2.55 bits per heavy atom. The minimum Gasteiger partial charge on any atom is -0.508 e. The number of phenolic OH excluding ortho intramolecular Hbond substituents is 1. The fourth-order valence-corrected chi connectivity index (χ4v) is 4.24. The van der Waals surface area contributed by atoms with Crippen molar-refractivity contribution >= 4 is 16.9 Å². The van der Waals surface area contributed by atoms with Crippen LogP contribution in [0.2, 0.25) is 0 Å². The molecule has 1 aliphatic heterocycles. The fourth-order valence-electron chi connectivity index (χ4n) is 4.24. The van der Waals surface area contributed by atoms with Crippen molar-refractivity contribution < 1.29 is 14.3 Å². The zero-order valence-corrected chi connectivity index (χ0v) is 16.5. The lowest BCUT2D eigenvalue weighted by atomic mass is 9.99. The van der Waals surface area contributed by atoms with Crippen LogP contribution in [0.4, 0.5) is 0 Å². The number of piperidine rings is 1. The van der Waals surface area contributed by atoms with Crippen molar-refractivity contribution in [3.8, 4) is 17.1 Å². The van der Waals surface area contributed by atoms with Crippen LogP contribution in [0.3, 0.4) is 0 Å². The molecule has 29 heavy (non-hydrogen) atoms. The van der Waals surface area contributed by atoms with Gasteiger partial charge in [-0.15, -0.1) is 0 Å². The number of hydrogen-bond acceptors (Lipinski definition) is 4. The van der Waals surface area contributed by atoms with Gasteiger partial charge in [0.15, 0.2) is 0 Å². The average Bonchev–Trinajstić information content (AvgIpc) is 3.47. The molecule has 0 atom stereocenters. The number of likely N-dealkylation sites (tertiary alicyclic amines) is 1. The molecule has 2 N–H and O–H groups in total. The summed E-state index contributed by atoms with van der Waals surface area (Å²) in [6.07, 6.45) is 5.65. The molecule has 1 saturated carbocycles. The first-order valence-corrected chi connectivity index (χ1v) is 10.6. The first kappa shape index (κ1) is 18.3. The number of benzene rings is 2. The number of rotatable bonds is 5. The van der Waals surface area contributed by atoms with E-state index >= 15 is 0 Å². The van der Waals surface area contributed by atoms with Gasteiger partial charge < -0.3 is 14.8 Å². The normalized spacial score (nSPS) is 17.5. The molecule has 1 amide bonds. The summed E-state index contributed by atoms with van der Waals surface area (Å²) in [7, 11) is 0. The Kier molecular flexibility index (Phi) is 4.76. The van der Waals surface area contributed by atoms with Gasteiger partial charge in [-0.1, -0.05) is 36.8 Å². The van der Waals surface area contributed by atoms with Crippen molar-refractivity contribution in [2.45, 2.75) is 44.7 Å². The van der Waals surface area contributed by atoms with E-state index in [9.17, 15) is 9.90 Å². The van der Waals surface area contributed by atoms with E-state index < -0.39 is 0 Å². The molecule has 1 saturated heterocycles. The summed E-state index contributed by atoms with van der Waals surface area (Å²) in [5.74, 6) is 0.684. The van der Waals surface area contributed by atoms with Crippen LogP contribution in [0, 0.1) is 0 Å². The molecule has 0 unspecified atom stereocenters. The molecule has 5 rings (SSSR count). The van der Waals surface area contributed by atoms with E-state index in [2.05, 4.69) is 10.2 Å². The van der Waals surface area contributed by atoms with Crippen LogP contribution in [0.5, 0.6) is 5.75 Å². The number of phenols is 1. The Hall–Kier alpha value is -2.79. The summed E-state index contributed by atoms with van der Waals surface area (Å²) in [5.41, 5.74) is 2.85. The van der Waals surface area contributed by atoms with Crippen LogP contribution in [0.25, 0.3) is 22.3 Å². The van der Waals surface area contributed by atoms with Gasteiger partial charge in [-0.2, -0.15) is 0 Å². The highest BCUT2D eigenvalue weighted by molar-refractivity contribution is 6.12. The summed E-state index contributed by atoms with van der Waals surface area (Å²) in [5, 5.41) is 14.6. The maximum atomic E-state index is 13.3. The zero-order chi connectivity index (χ0) is 19.8. The van der Waals surface area contributed by atoms with E-state index in [1.165, 1.54) is 19.3 Å². The van der Waals surface area contributed by atoms with E-state index in [1.54, 1.807) is 12.1 Å². The van der Waals surface area contributed by atoms with Gasteiger partial charge in [0, 0.05) is 29.1 Å². The van der Waals surface area contributed by atoms with Gasteiger partial charge in [0.25, 0.3) is 5.91 Å². The second-order valence-electron chi connectivity index (χ2n) is 8.19. The molecule has 2 heterocycles. The van der Waals surface area contributed by atoms with E-state index in [0.717, 1.165) is 42.4 Å². The number of amides is 1. The predicted octanol–water partition coefficient (Wildman–Crippen LogP) is 4.68. The summed E-state index contributed by atoms with van der Waals surface area (Å²) in [6.45, 7) is 2.66. The molecular formula is C24H26N2O3. The first-order chi connectivity index (χ1) is 14.2. The molecule has 2 aromatic carbocycles. The van der Waals surface area contributed by atoms with Crippen molar-refractivity contribution in [3.63, 3.8) is 0 Å². The summed E-state index contributed by atoms with van der Waals surface area (Å²) in [4.78, 5) is 15.6. The lowest BCUT2D eigenvalue weighted by Crippen LogP contribution is -2.29. The molecule has 0 radical (unpaired) electrons. The number of carbonyl (C=O) groups is 1. The van der Waals surface area contributed by atoms with Crippen molar-refractivity contribution in [1.29, 1.82) is 0 Å².